The Morgan fingerprint density at radius 1 is 1.29 bits per heavy atom. The second-order valence-corrected chi connectivity index (χ2v) is 8.65. The molecule has 31 heavy (non-hydrogen) atoms. The van der Waals surface area contributed by atoms with Crippen molar-refractivity contribution in [2.24, 2.45) is 0 Å². The van der Waals surface area contributed by atoms with Gasteiger partial charge in [0.15, 0.2) is 5.78 Å². The van der Waals surface area contributed by atoms with Crippen LogP contribution >= 0.6 is 11.8 Å². The molecular formula is C22H27N5O3S. The van der Waals surface area contributed by atoms with Crippen LogP contribution in [0.4, 0.5) is 0 Å². The van der Waals surface area contributed by atoms with Gasteiger partial charge in [-0.1, -0.05) is 23.9 Å². The lowest BCUT2D eigenvalue weighted by molar-refractivity contribution is 0.0957. The highest BCUT2D eigenvalue weighted by molar-refractivity contribution is 7.99. The molecule has 2 aromatic heterocycles. The van der Waals surface area contributed by atoms with Crippen molar-refractivity contribution in [2.75, 3.05) is 19.5 Å². The second kappa shape index (κ2) is 9.65. The maximum atomic E-state index is 12.9. The molecule has 164 valence electrons. The number of carbonyl (C=O) groups is 1. The smallest absolute Gasteiger partial charge is 0.210 e. The molecule has 8 nitrogen and oxygen atoms in total. The van der Waals surface area contributed by atoms with E-state index in [2.05, 4.69) is 20.1 Å². The minimum Gasteiger partial charge on any atom is -0.497 e. The van der Waals surface area contributed by atoms with Crippen LogP contribution in [0.3, 0.4) is 0 Å². The van der Waals surface area contributed by atoms with Gasteiger partial charge in [-0.15, -0.1) is 5.10 Å². The van der Waals surface area contributed by atoms with Gasteiger partial charge in [0.2, 0.25) is 5.16 Å². The van der Waals surface area contributed by atoms with E-state index in [-0.39, 0.29) is 17.6 Å². The molecule has 1 aromatic carbocycles. The summed E-state index contributed by atoms with van der Waals surface area (Å²) in [5.74, 6) is 1.17. The zero-order chi connectivity index (χ0) is 21.8. The average Bonchev–Trinajstić information content (AvgIpc) is 3.51. The zero-order valence-corrected chi connectivity index (χ0v) is 18.9. The molecule has 3 heterocycles. The van der Waals surface area contributed by atoms with Gasteiger partial charge in [0.25, 0.3) is 0 Å². The first-order valence-corrected chi connectivity index (χ1v) is 11.4. The third-order valence-corrected chi connectivity index (χ3v) is 6.56. The van der Waals surface area contributed by atoms with Gasteiger partial charge in [0, 0.05) is 30.1 Å². The van der Waals surface area contributed by atoms with Gasteiger partial charge in [-0.05, 0) is 60.9 Å². The van der Waals surface area contributed by atoms with Crippen LogP contribution in [0.1, 0.15) is 40.2 Å². The number of aryl methyl sites for hydroxylation is 1. The Morgan fingerprint density at radius 3 is 2.81 bits per heavy atom. The van der Waals surface area contributed by atoms with Gasteiger partial charge in [-0.25, -0.2) is 4.68 Å². The topological polar surface area (TPSA) is 84.1 Å². The number of hydrogen-bond donors (Lipinski definition) is 0. The van der Waals surface area contributed by atoms with Crippen molar-refractivity contribution in [1.82, 2.24) is 24.8 Å². The summed E-state index contributed by atoms with van der Waals surface area (Å²) in [5.41, 5.74) is 3.90. The quantitative estimate of drug-likeness (QED) is 0.372. The Morgan fingerprint density at radius 2 is 2.10 bits per heavy atom. The van der Waals surface area contributed by atoms with Crippen LogP contribution in [0.25, 0.3) is 0 Å². The van der Waals surface area contributed by atoms with Gasteiger partial charge in [-0.3, -0.25) is 4.79 Å². The van der Waals surface area contributed by atoms with Crippen LogP contribution in [0.2, 0.25) is 0 Å². The third-order valence-electron chi connectivity index (χ3n) is 5.61. The van der Waals surface area contributed by atoms with Crippen LogP contribution < -0.4 is 4.74 Å². The van der Waals surface area contributed by atoms with Crippen LogP contribution in [0.15, 0.2) is 35.5 Å². The SMILES string of the molecule is COc1ccc(Cn2nnnc2SCC(=O)c2cc(C)n(C[C@H]3CCCO3)c2C)cc1. The van der Waals surface area contributed by atoms with E-state index in [1.165, 1.54) is 11.8 Å². The highest BCUT2D eigenvalue weighted by Crippen LogP contribution is 2.23. The summed E-state index contributed by atoms with van der Waals surface area (Å²) in [4.78, 5) is 12.9. The largest absolute Gasteiger partial charge is 0.497 e. The summed E-state index contributed by atoms with van der Waals surface area (Å²) in [7, 11) is 1.64. The summed E-state index contributed by atoms with van der Waals surface area (Å²) < 4.78 is 14.9. The number of hydrogen-bond acceptors (Lipinski definition) is 7. The first kappa shape index (κ1) is 21.6. The highest BCUT2D eigenvalue weighted by Gasteiger charge is 2.21. The van der Waals surface area contributed by atoms with Crippen LogP contribution in [-0.2, 0) is 17.8 Å². The average molecular weight is 442 g/mol. The molecule has 1 saturated heterocycles. The molecule has 0 amide bonds. The Balaban J connectivity index is 1.39. The van der Waals surface area contributed by atoms with E-state index in [0.29, 0.717) is 11.7 Å². The Labute approximate surface area is 185 Å². The standard InChI is InChI=1S/C22H27N5O3S/c1-15-11-20(16(2)26(15)13-19-5-4-10-30-19)21(28)14-31-22-23-24-25-27(22)12-17-6-8-18(29-3)9-7-17/h6-9,11,19H,4-5,10,12-14H2,1-3H3/t19-/m1/s1. The fourth-order valence-corrected chi connectivity index (χ4v) is 4.63. The number of carbonyl (C=O) groups excluding carboxylic acids is 1. The summed E-state index contributed by atoms with van der Waals surface area (Å²) in [6.45, 7) is 6.22. The molecule has 9 heteroatoms. The van der Waals surface area contributed by atoms with Gasteiger partial charge in [0.1, 0.15) is 5.75 Å². The lowest BCUT2D eigenvalue weighted by Crippen LogP contribution is -2.17. The summed E-state index contributed by atoms with van der Waals surface area (Å²) in [5, 5.41) is 12.6. The Bertz CT molecular complexity index is 1040. The molecule has 0 radical (unpaired) electrons. The van der Waals surface area contributed by atoms with Crippen molar-refractivity contribution >= 4 is 17.5 Å². The molecule has 1 aliphatic rings. The molecular weight excluding hydrogens is 414 g/mol. The van der Waals surface area contributed by atoms with Crippen molar-refractivity contribution in [1.29, 1.82) is 0 Å². The van der Waals surface area contributed by atoms with E-state index < -0.39 is 0 Å². The normalized spacial score (nSPS) is 16.0. The summed E-state index contributed by atoms with van der Waals surface area (Å²) in [6.07, 6.45) is 2.43. The minimum absolute atomic E-state index is 0.0793. The number of ether oxygens (including phenoxy) is 2. The second-order valence-electron chi connectivity index (χ2n) is 7.71. The van der Waals surface area contributed by atoms with Crippen molar-refractivity contribution in [3.05, 3.63) is 52.8 Å². The number of tetrazole rings is 1. The molecule has 0 saturated carbocycles. The van der Waals surface area contributed by atoms with Crippen LogP contribution in [-0.4, -0.2) is 56.1 Å². The fraction of sp³-hybridized carbons (Fsp3) is 0.455. The lowest BCUT2D eigenvalue weighted by Gasteiger charge is -2.14. The van der Waals surface area contributed by atoms with E-state index in [9.17, 15) is 4.79 Å². The first-order valence-electron chi connectivity index (χ1n) is 10.4. The van der Waals surface area contributed by atoms with Crippen LogP contribution in [0, 0.1) is 13.8 Å². The predicted molar refractivity (Wildman–Crippen MR) is 118 cm³/mol. The van der Waals surface area contributed by atoms with Crippen molar-refractivity contribution in [2.45, 2.75) is 51.0 Å². The molecule has 1 atom stereocenters. The molecule has 0 bridgehead atoms. The number of rotatable bonds is 9. The molecule has 4 rings (SSSR count). The van der Waals surface area contributed by atoms with Crippen LogP contribution in [0.5, 0.6) is 5.75 Å². The number of ketones is 1. The Hall–Kier alpha value is -2.65. The molecule has 1 aliphatic heterocycles. The molecule has 0 N–H and O–H groups in total. The highest BCUT2D eigenvalue weighted by atomic mass is 32.2. The lowest BCUT2D eigenvalue weighted by atomic mass is 10.2. The van der Waals surface area contributed by atoms with E-state index in [1.807, 2.05) is 44.2 Å². The van der Waals surface area contributed by atoms with E-state index in [0.717, 1.165) is 54.3 Å². The Kier molecular flexibility index (Phi) is 6.72. The number of aromatic nitrogens is 5. The van der Waals surface area contributed by atoms with Crippen molar-refractivity contribution < 1.29 is 14.3 Å². The number of benzene rings is 1. The first-order chi connectivity index (χ1) is 15.0. The summed E-state index contributed by atoms with van der Waals surface area (Å²) >= 11 is 1.36. The monoisotopic (exact) mass is 441 g/mol. The maximum absolute atomic E-state index is 12.9. The molecule has 0 spiro atoms. The third kappa shape index (κ3) is 4.99. The van der Waals surface area contributed by atoms with Gasteiger partial charge >= 0.3 is 0 Å². The maximum Gasteiger partial charge on any atom is 0.210 e. The number of thioether (sulfide) groups is 1. The van der Waals surface area contributed by atoms with Gasteiger partial charge in [0.05, 0.1) is 25.5 Å². The van der Waals surface area contributed by atoms with E-state index in [1.54, 1.807) is 11.8 Å². The number of methoxy groups -OCH3 is 1. The molecule has 0 aliphatic carbocycles. The zero-order valence-electron chi connectivity index (χ0n) is 18.1. The summed E-state index contributed by atoms with van der Waals surface area (Å²) in [6, 6.07) is 9.74. The van der Waals surface area contributed by atoms with Gasteiger partial charge in [-0.2, -0.15) is 0 Å². The van der Waals surface area contributed by atoms with E-state index >= 15 is 0 Å². The predicted octanol–water partition coefficient (Wildman–Crippen LogP) is 3.30. The molecule has 3 aromatic rings. The minimum atomic E-state index is 0.0793. The van der Waals surface area contributed by atoms with E-state index in [4.69, 9.17) is 9.47 Å². The number of nitrogens with zero attached hydrogens (tertiary/aromatic N) is 5. The molecule has 1 fully saturated rings. The van der Waals surface area contributed by atoms with Crippen molar-refractivity contribution in [3.63, 3.8) is 0 Å². The molecule has 0 unspecified atom stereocenters. The number of Topliss-reactive ketones (excluding diaryl/α,β-unsaturated/α-hetero) is 1. The van der Waals surface area contributed by atoms with Crippen molar-refractivity contribution in [3.8, 4) is 5.75 Å². The fourth-order valence-electron chi connectivity index (χ4n) is 3.87. The van der Waals surface area contributed by atoms with Gasteiger partial charge < -0.3 is 14.0 Å².